The van der Waals surface area contributed by atoms with Crippen molar-refractivity contribution in [2.75, 3.05) is 12.0 Å². The van der Waals surface area contributed by atoms with Gasteiger partial charge in [0.2, 0.25) is 5.91 Å². The van der Waals surface area contributed by atoms with Gasteiger partial charge in [-0.2, -0.15) is 0 Å². The molecular formula is C14H28N2O2S. The highest BCUT2D eigenvalue weighted by Gasteiger charge is 2.42. The highest BCUT2D eigenvalue weighted by atomic mass is 32.2. The van der Waals surface area contributed by atoms with Crippen molar-refractivity contribution in [3.8, 4) is 0 Å². The third kappa shape index (κ3) is 4.28. The molecule has 4 atom stereocenters. The molecule has 1 fully saturated rings. The standard InChI is InChI=1S/C14H28N2O2S/c1-9(2)7-12-15-13(10(3)4)14(17)16(12)11(5)8-19(6)18/h9-13,15H,7-8H2,1-6H3. The van der Waals surface area contributed by atoms with Gasteiger partial charge in [0.15, 0.2) is 0 Å². The Kier molecular flexibility index (Phi) is 5.99. The van der Waals surface area contributed by atoms with E-state index in [0.29, 0.717) is 11.7 Å². The second kappa shape index (κ2) is 6.84. The van der Waals surface area contributed by atoms with Crippen molar-refractivity contribution in [3.05, 3.63) is 0 Å². The van der Waals surface area contributed by atoms with Crippen molar-refractivity contribution in [2.45, 2.75) is 59.3 Å². The molecule has 1 aliphatic rings. The zero-order chi connectivity index (χ0) is 14.7. The van der Waals surface area contributed by atoms with Gasteiger partial charge in [0.25, 0.3) is 0 Å². The van der Waals surface area contributed by atoms with Gasteiger partial charge >= 0.3 is 0 Å². The quantitative estimate of drug-likeness (QED) is 0.807. The smallest absolute Gasteiger partial charge is 0.241 e. The van der Waals surface area contributed by atoms with Gasteiger partial charge in [-0.25, -0.2) is 0 Å². The first-order valence-corrected chi connectivity index (χ1v) is 8.85. The molecule has 1 saturated heterocycles. The summed E-state index contributed by atoms with van der Waals surface area (Å²) in [5.41, 5.74) is 0. The van der Waals surface area contributed by atoms with Crippen molar-refractivity contribution in [1.29, 1.82) is 0 Å². The molecule has 0 aromatic carbocycles. The third-order valence-corrected chi connectivity index (χ3v) is 4.49. The molecule has 1 amide bonds. The zero-order valence-corrected chi connectivity index (χ0v) is 13.8. The van der Waals surface area contributed by atoms with E-state index in [4.69, 9.17) is 0 Å². The number of carbonyl (C=O) groups is 1. The first-order valence-electron chi connectivity index (χ1n) is 7.12. The van der Waals surface area contributed by atoms with Crippen molar-refractivity contribution >= 4 is 16.7 Å². The van der Waals surface area contributed by atoms with Crippen LogP contribution in [0, 0.1) is 11.8 Å². The number of nitrogens with one attached hydrogen (secondary N) is 1. The molecule has 1 N–H and O–H groups in total. The van der Waals surface area contributed by atoms with Gasteiger partial charge in [-0.15, -0.1) is 0 Å². The molecule has 0 aromatic heterocycles. The molecule has 1 heterocycles. The predicted molar refractivity (Wildman–Crippen MR) is 80.2 cm³/mol. The summed E-state index contributed by atoms with van der Waals surface area (Å²) >= 11 is 0. The number of nitrogens with zero attached hydrogens (tertiary/aromatic N) is 1. The van der Waals surface area contributed by atoms with Crippen LogP contribution in [-0.4, -0.2) is 45.3 Å². The molecule has 1 rings (SSSR count). The Labute approximate surface area is 119 Å². The molecule has 4 nitrogen and oxygen atoms in total. The summed E-state index contributed by atoms with van der Waals surface area (Å²) in [7, 11) is -0.878. The fraction of sp³-hybridized carbons (Fsp3) is 0.929. The fourth-order valence-electron chi connectivity index (χ4n) is 2.72. The van der Waals surface area contributed by atoms with Crippen molar-refractivity contribution < 1.29 is 9.00 Å². The maximum atomic E-state index is 12.5. The molecule has 1 aliphatic heterocycles. The minimum absolute atomic E-state index is 0.0262. The molecule has 19 heavy (non-hydrogen) atoms. The molecule has 0 spiro atoms. The van der Waals surface area contributed by atoms with Gasteiger partial charge in [-0.05, 0) is 25.2 Å². The normalized spacial score (nSPS) is 27.4. The van der Waals surface area contributed by atoms with Gasteiger partial charge in [0.1, 0.15) is 0 Å². The Morgan fingerprint density at radius 2 is 1.84 bits per heavy atom. The second-order valence-electron chi connectivity index (χ2n) is 6.37. The lowest BCUT2D eigenvalue weighted by molar-refractivity contribution is -0.132. The first kappa shape index (κ1) is 16.6. The van der Waals surface area contributed by atoms with E-state index in [1.807, 2.05) is 11.8 Å². The summed E-state index contributed by atoms with van der Waals surface area (Å²) in [5.74, 6) is 1.52. The summed E-state index contributed by atoms with van der Waals surface area (Å²) in [6, 6.07) is -0.0742. The van der Waals surface area contributed by atoms with Crippen molar-refractivity contribution in [2.24, 2.45) is 11.8 Å². The van der Waals surface area contributed by atoms with Gasteiger partial charge in [0.05, 0.1) is 12.2 Å². The van der Waals surface area contributed by atoms with E-state index in [2.05, 4.69) is 33.0 Å². The van der Waals surface area contributed by atoms with Crippen LogP contribution in [0.1, 0.15) is 41.0 Å². The Balaban J connectivity index is 2.87. The highest BCUT2D eigenvalue weighted by molar-refractivity contribution is 7.84. The van der Waals surface area contributed by atoms with Crippen LogP contribution < -0.4 is 5.32 Å². The zero-order valence-electron chi connectivity index (χ0n) is 13.0. The maximum Gasteiger partial charge on any atom is 0.241 e. The molecule has 0 aromatic rings. The minimum Gasteiger partial charge on any atom is -0.322 e. The van der Waals surface area contributed by atoms with E-state index in [0.717, 1.165) is 6.42 Å². The van der Waals surface area contributed by atoms with E-state index < -0.39 is 10.8 Å². The largest absolute Gasteiger partial charge is 0.322 e. The average Bonchev–Trinajstić information content (AvgIpc) is 2.53. The molecule has 0 saturated carbocycles. The monoisotopic (exact) mass is 288 g/mol. The molecular weight excluding hydrogens is 260 g/mol. The predicted octanol–water partition coefficient (Wildman–Crippen LogP) is 1.58. The van der Waals surface area contributed by atoms with Crippen LogP contribution in [0.15, 0.2) is 0 Å². The van der Waals surface area contributed by atoms with E-state index in [1.165, 1.54) is 0 Å². The van der Waals surface area contributed by atoms with Gasteiger partial charge in [0, 0.05) is 28.9 Å². The van der Waals surface area contributed by atoms with Crippen LogP contribution in [0.3, 0.4) is 0 Å². The summed E-state index contributed by atoms with van der Waals surface area (Å²) in [4.78, 5) is 14.4. The summed E-state index contributed by atoms with van der Waals surface area (Å²) in [6.07, 6.45) is 2.72. The topological polar surface area (TPSA) is 49.4 Å². The van der Waals surface area contributed by atoms with Crippen LogP contribution >= 0.6 is 0 Å². The maximum absolute atomic E-state index is 12.5. The lowest BCUT2D eigenvalue weighted by Gasteiger charge is -2.31. The van der Waals surface area contributed by atoms with Gasteiger partial charge < -0.3 is 4.90 Å². The van der Waals surface area contributed by atoms with E-state index in [1.54, 1.807) is 6.26 Å². The number of carbonyl (C=O) groups excluding carboxylic acids is 1. The molecule has 0 radical (unpaired) electrons. The Morgan fingerprint density at radius 1 is 1.26 bits per heavy atom. The fourth-order valence-corrected chi connectivity index (χ4v) is 3.56. The van der Waals surface area contributed by atoms with E-state index in [-0.39, 0.29) is 30.1 Å². The summed E-state index contributed by atoms with van der Waals surface area (Å²) < 4.78 is 11.4. The minimum atomic E-state index is -0.878. The Hall–Kier alpha value is -0.420. The average molecular weight is 288 g/mol. The lowest BCUT2D eigenvalue weighted by Crippen LogP contribution is -2.46. The summed E-state index contributed by atoms with van der Waals surface area (Å²) in [6.45, 7) is 10.4. The van der Waals surface area contributed by atoms with Crippen LogP contribution in [0.5, 0.6) is 0 Å². The van der Waals surface area contributed by atoms with Crippen molar-refractivity contribution in [1.82, 2.24) is 10.2 Å². The molecule has 4 unspecified atom stereocenters. The van der Waals surface area contributed by atoms with Gasteiger partial charge in [-0.1, -0.05) is 27.7 Å². The third-order valence-electron chi connectivity index (χ3n) is 3.54. The van der Waals surface area contributed by atoms with Crippen LogP contribution in [0.4, 0.5) is 0 Å². The number of amides is 1. The molecule has 112 valence electrons. The van der Waals surface area contributed by atoms with Crippen LogP contribution in [-0.2, 0) is 15.6 Å². The van der Waals surface area contributed by atoms with Crippen molar-refractivity contribution in [3.63, 3.8) is 0 Å². The first-order chi connectivity index (χ1) is 8.73. The lowest BCUT2D eigenvalue weighted by atomic mass is 10.0. The molecule has 0 bridgehead atoms. The van der Waals surface area contributed by atoms with Crippen LogP contribution in [0.2, 0.25) is 0 Å². The number of hydrogen-bond acceptors (Lipinski definition) is 3. The number of rotatable bonds is 6. The summed E-state index contributed by atoms with van der Waals surface area (Å²) in [5, 5.41) is 3.45. The molecule has 0 aliphatic carbocycles. The van der Waals surface area contributed by atoms with Crippen LogP contribution in [0.25, 0.3) is 0 Å². The second-order valence-corrected chi connectivity index (χ2v) is 7.85. The SMILES string of the molecule is CC(C)CC1NC(C(C)C)C(=O)N1C(C)CS(C)=O. The highest BCUT2D eigenvalue weighted by Crippen LogP contribution is 2.24. The molecule has 5 heteroatoms. The van der Waals surface area contributed by atoms with E-state index in [9.17, 15) is 9.00 Å². The van der Waals surface area contributed by atoms with Gasteiger partial charge in [-0.3, -0.25) is 14.3 Å². The Bertz CT molecular complexity index is 344. The Morgan fingerprint density at radius 3 is 2.26 bits per heavy atom. The van der Waals surface area contributed by atoms with E-state index >= 15 is 0 Å². The number of hydrogen-bond donors (Lipinski definition) is 1.